The number of nitrogens with zero attached hydrogens (tertiary/aromatic N) is 2. The zero-order chi connectivity index (χ0) is 13.0. The van der Waals surface area contributed by atoms with Crippen molar-refractivity contribution < 1.29 is 9.90 Å². The highest BCUT2D eigenvalue weighted by Crippen LogP contribution is 2.17. The zero-order valence-corrected chi connectivity index (χ0v) is 10.7. The van der Waals surface area contributed by atoms with Crippen LogP contribution in [-0.4, -0.2) is 21.0 Å². The molecule has 18 heavy (non-hydrogen) atoms. The molecule has 0 aliphatic heterocycles. The first-order valence-electron chi connectivity index (χ1n) is 5.57. The molecule has 0 aromatic carbocycles. The number of hydrogen-bond donors (Lipinski definition) is 2. The first kappa shape index (κ1) is 12.5. The molecule has 0 atom stereocenters. The summed E-state index contributed by atoms with van der Waals surface area (Å²) in [5.41, 5.74) is -0.00655. The molecule has 0 fully saturated rings. The van der Waals surface area contributed by atoms with Crippen LogP contribution in [0.15, 0.2) is 24.4 Å². The van der Waals surface area contributed by atoms with Crippen LogP contribution in [0.25, 0.3) is 0 Å². The van der Waals surface area contributed by atoms with Crippen LogP contribution in [0.3, 0.4) is 0 Å². The number of nitrogens with one attached hydrogen (secondary N) is 1. The van der Waals surface area contributed by atoms with Gasteiger partial charge in [0.25, 0.3) is 0 Å². The van der Waals surface area contributed by atoms with Crippen LogP contribution in [0.5, 0.6) is 0 Å². The lowest BCUT2D eigenvalue weighted by atomic mass is 10.3. The molecule has 5 nitrogen and oxygen atoms in total. The van der Waals surface area contributed by atoms with E-state index in [-0.39, 0.29) is 5.69 Å². The normalized spacial score (nSPS) is 10.3. The molecule has 0 saturated heterocycles. The molecule has 6 heteroatoms. The summed E-state index contributed by atoms with van der Waals surface area (Å²) in [6.07, 6.45) is 2.46. The minimum Gasteiger partial charge on any atom is -0.477 e. The van der Waals surface area contributed by atoms with E-state index in [0.29, 0.717) is 12.5 Å². The number of aryl methyl sites for hydroxylation is 1. The SMILES string of the molecule is CCc1ccc(CNc2nccc(C(=O)O)n2)s1. The maximum Gasteiger partial charge on any atom is 0.354 e. The third kappa shape index (κ3) is 3.04. The minimum atomic E-state index is -1.05. The summed E-state index contributed by atoms with van der Waals surface area (Å²) >= 11 is 1.73. The Bertz CT molecular complexity index is 554. The Morgan fingerprint density at radius 2 is 2.17 bits per heavy atom. The predicted molar refractivity (Wildman–Crippen MR) is 70.0 cm³/mol. The molecule has 0 aliphatic rings. The Morgan fingerprint density at radius 1 is 1.39 bits per heavy atom. The van der Waals surface area contributed by atoms with Gasteiger partial charge in [-0.3, -0.25) is 0 Å². The van der Waals surface area contributed by atoms with E-state index >= 15 is 0 Å². The highest BCUT2D eigenvalue weighted by molar-refractivity contribution is 7.12. The average molecular weight is 263 g/mol. The third-order valence-corrected chi connectivity index (χ3v) is 3.59. The number of carbonyl (C=O) groups is 1. The lowest BCUT2D eigenvalue weighted by Crippen LogP contribution is -2.06. The number of carboxylic acids is 1. The molecule has 2 rings (SSSR count). The van der Waals surface area contributed by atoms with Gasteiger partial charge in [-0.15, -0.1) is 11.3 Å². The van der Waals surface area contributed by atoms with Crippen LogP contribution in [0.2, 0.25) is 0 Å². The molecule has 0 radical (unpaired) electrons. The van der Waals surface area contributed by atoms with Gasteiger partial charge in [0.15, 0.2) is 5.69 Å². The number of thiophene rings is 1. The summed E-state index contributed by atoms with van der Waals surface area (Å²) in [4.78, 5) is 21.1. The number of carboxylic acid groups (broad SMARTS) is 1. The number of hydrogen-bond acceptors (Lipinski definition) is 5. The topological polar surface area (TPSA) is 75.1 Å². The van der Waals surface area contributed by atoms with Gasteiger partial charge in [0.2, 0.25) is 5.95 Å². The van der Waals surface area contributed by atoms with Gasteiger partial charge in [-0.1, -0.05) is 6.92 Å². The Kier molecular flexibility index (Phi) is 3.88. The van der Waals surface area contributed by atoms with Crippen molar-refractivity contribution in [2.75, 3.05) is 5.32 Å². The first-order chi connectivity index (χ1) is 8.69. The molecule has 0 aliphatic carbocycles. The summed E-state index contributed by atoms with van der Waals surface area (Å²) < 4.78 is 0. The Labute approximate surface area is 109 Å². The van der Waals surface area contributed by atoms with E-state index in [1.807, 2.05) is 0 Å². The van der Waals surface area contributed by atoms with Gasteiger partial charge in [0.05, 0.1) is 6.54 Å². The molecule has 2 N–H and O–H groups in total. The van der Waals surface area contributed by atoms with Crippen molar-refractivity contribution in [3.8, 4) is 0 Å². The van der Waals surface area contributed by atoms with E-state index in [2.05, 4.69) is 34.3 Å². The Balaban J connectivity index is 2.01. The highest BCUT2D eigenvalue weighted by atomic mass is 32.1. The molecule has 94 valence electrons. The number of anilines is 1. The van der Waals surface area contributed by atoms with Gasteiger partial charge >= 0.3 is 5.97 Å². The number of rotatable bonds is 5. The fraction of sp³-hybridized carbons (Fsp3) is 0.250. The summed E-state index contributed by atoms with van der Waals surface area (Å²) in [6, 6.07) is 5.52. The second kappa shape index (κ2) is 5.59. The Hall–Kier alpha value is -1.95. The molecule has 0 bridgehead atoms. The van der Waals surface area contributed by atoms with E-state index in [1.165, 1.54) is 22.0 Å². The summed E-state index contributed by atoms with van der Waals surface area (Å²) in [7, 11) is 0. The second-order valence-electron chi connectivity index (χ2n) is 3.65. The van der Waals surface area contributed by atoms with Crippen molar-refractivity contribution >= 4 is 23.3 Å². The van der Waals surface area contributed by atoms with Crippen LogP contribution < -0.4 is 5.32 Å². The van der Waals surface area contributed by atoms with Crippen molar-refractivity contribution in [2.45, 2.75) is 19.9 Å². The van der Waals surface area contributed by atoms with Crippen LogP contribution in [-0.2, 0) is 13.0 Å². The van der Waals surface area contributed by atoms with Crippen LogP contribution in [0.4, 0.5) is 5.95 Å². The highest BCUT2D eigenvalue weighted by Gasteiger charge is 2.06. The monoisotopic (exact) mass is 263 g/mol. The van der Waals surface area contributed by atoms with Crippen molar-refractivity contribution in [2.24, 2.45) is 0 Å². The minimum absolute atomic E-state index is 0.00655. The summed E-state index contributed by atoms with van der Waals surface area (Å²) in [5.74, 6) is -0.716. The van der Waals surface area contributed by atoms with Crippen molar-refractivity contribution in [3.63, 3.8) is 0 Å². The molecular weight excluding hydrogens is 250 g/mol. The largest absolute Gasteiger partial charge is 0.477 e. The van der Waals surface area contributed by atoms with Crippen molar-refractivity contribution in [1.29, 1.82) is 0 Å². The lowest BCUT2D eigenvalue weighted by molar-refractivity contribution is 0.0690. The van der Waals surface area contributed by atoms with E-state index in [9.17, 15) is 4.79 Å². The Morgan fingerprint density at radius 3 is 2.83 bits per heavy atom. The average Bonchev–Trinajstić information content (AvgIpc) is 2.84. The zero-order valence-electron chi connectivity index (χ0n) is 9.88. The molecule has 2 aromatic heterocycles. The fourth-order valence-corrected chi connectivity index (χ4v) is 2.33. The second-order valence-corrected chi connectivity index (χ2v) is 4.90. The number of aromatic nitrogens is 2. The maximum absolute atomic E-state index is 10.8. The van der Waals surface area contributed by atoms with Crippen molar-refractivity contribution in [3.05, 3.63) is 39.8 Å². The predicted octanol–water partition coefficient (Wildman–Crippen LogP) is 2.41. The third-order valence-electron chi connectivity index (χ3n) is 2.36. The number of aromatic carboxylic acids is 1. The van der Waals surface area contributed by atoms with Crippen LogP contribution in [0.1, 0.15) is 27.2 Å². The van der Waals surface area contributed by atoms with E-state index in [4.69, 9.17) is 5.11 Å². The summed E-state index contributed by atoms with van der Waals surface area (Å²) in [6.45, 7) is 2.72. The van der Waals surface area contributed by atoms with Gasteiger partial charge in [0, 0.05) is 16.0 Å². The fourth-order valence-electron chi connectivity index (χ4n) is 1.44. The smallest absolute Gasteiger partial charge is 0.354 e. The van der Waals surface area contributed by atoms with Gasteiger partial charge in [-0.05, 0) is 24.6 Å². The van der Waals surface area contributed by atoms with Gasteiger partial charge < -0.3 is 10.4 Å². The van der Waals surface area contributed by atoms with E-state index in [1.54, 1.807) is 11.3 Å². The van der Waals surface area contributed by atoms with E-state index in [0.717, 1.165) is 6.42 Å². The summed E-state index contributed by atoms with van der Waals surface area (Å²) in [5, 5.41) is 11.8. The molecule has 2 heterocycles. The standard InChI is InChI=1S/C12H13N3O2S/c1-2-8-3-4-9(18-8)7-14-12-13-6-5-10(15-12)11(16)17/h3-6H,2,7H2,1H3,(H,16,17)(H,13,14,15). The van der Waals surface area contributed by atoms with Crippen LogP contribution in [0, 0.1) is 0 Å². The molecule has 0 amide bonds. The molecule has 0 saturated carbocycles. The van der Waals surface area contributed by atoms with Crippen LogP contribution >= 0.6 is 11.3 Å². The molecule has 0 spiro atoms. The molecular formula is C12H13N3O2S. The maximum atomic E-state index is 10.8. The van der Waals surface area contributed by atoms with Gasteiger partial charge in [-0.2, -0.15) is 0 Å². The first-order valence-corrected chi connectivity index (χ1v) is 6.38. The van der Waals surface area contributed by atoms with E-state index < -0.39 is 5.97 Å². The quantitative estimate of drug-likeness (QED) is 0.866. The van der Waals surface area contributed by atoms with Gasteiger partial charge in [0.1, 0.15) is 0 Å². The van der Waals surface area contributed by atoms with Crippen molar-refractivity contribution in [1.82, 2.24) is 9.97 Å². The molecule has 2 aromatic rings. The lowest BCUT2D eigenvalue weighted by Gasteiger charge is -2.03. The van der Waals surface area contributed by atoms with Gasteiger partial charge in [-0.25, -0.2) is 14.8 Å². The molecule has 0 unspecified atom stereocenters.